The maximum atomic E-state index is 12.5. The second-order valence-electron chi connectivity index (χ2n) is 10.1. The van der Waals surface area contributed by atoms with Crippen molar-refractivity contribution in [3.63, 3.8) is 0 Å². The van der Waals surface area contributed by atoms with Crippen LogP contribution in [0.15, 0.2) is 24.3 Å². The quantitative estimate of drug-likeness (QED) is 0.257. The van der Waals surface area contributed by atoms with Gasteiger partial charge in [-0.2, -0.15) is 0 Å². The van der Waals surface area contributed by atoms with Crippen molar-refractivity contribution < 1.29 is 19.4 Å². The number of rotatable bonds is 8. The molecule has 1 saturated heterocycles. The number of aryl methyl sites for hydroxylation is 2. The highest BCUT2D eigenvalue weighted by atomic mass is 16.5. The predicted molar refractivity (Wildman–Crippen MR) is 166 cm³/mol. The second kappa shape index (κ2) is 18.6. The Labute approximate surface area is 243 Å². The van der Waals surface area contributed by atoms with Crippen molar-refractivity contribution in [1.29, 1.82) is 0 Å². The lowest BCUT2D eigenvalue weighted by Gasteiger charge is -2.27. The molecule has 0 bridgehead atoms. The lowest BCUT2D eigenvalue weighted by Crippen LogP contribution is -2.30. The number of nitrogens with one attached hydrogen (secondary N) is 1. The van der Waals surface area contributed by atoms with Crippen molar-refractivity contribution in [2.45, 2.75) is 107 Å². The summed E-state index contributed by atoms with van der Waals surface area (Å²) in [5.74, 6) is 0.122. The van der Waals surface area contributed by atoms with Crippen LogP contribution in [0.2, 0.25) is 0 Å². The molecule has 2 fully saturated rings. The Morgan fingerprint density at radius 3 is 2.15 bits per heavy atom. The number of benzene rings is 1. The number of piperidine rings is 1. The van der Waals surface area contributed by atoms with Gasteiger partial charge in [0, 0.05) is 11.3 Å². The molecule has 0 spiro atoms. The fourth-order valence-electron chi connectivity index (χ4n) is 4.97. The number of carbonyl (C=O) groups excluding carboxylic acids is 2. The third-order valence-corrected chi connectivity index (χ3v) is 7.40. The third-order valence-electron chi connectivity index (χ3n) is 7.40. The maximum Gasteiger partial charge on any atom is 0.316 e. The second-order valence-corrected chi connectivity index (χ2v) is 10.1. The number of aromatic hydroxyl groups is 1. The van der Waals surface area contributed by atoms with Gasteiger partial charge < -0.3 is 15.2 Å². The number of phenolic OH excluding ortho intramolecular Hbond substituents is 1. The molecule has 1 aliphatic heterocycles. The Bertz CT molecular complexity index is 1040. The average Bonchev–Trinajstić information content (AvgIpc) is 3.80. The number of Topliss-reactive ketones (excluding diaryl/α,β-unsaturated/α-hetero) is 1. The van der Waals surface area contributed by atoms with Gasteiger partial charge in [0.2, 0.25) is 0 Å². The standard InChI is InChI=1S/C25H32N2O4.C5H10.2C2H6/c1-5-31-25(30)20(17(4)28)13-19-16(3)27-22(24-15(2)7-6-8-23(24)29)14-21(19)18-9-11-26-12-10-18;1-2-5-3-4-5;2*1-2/h6-8,14,18,20,26,29H,5,9-13H2,1-4H3;5H,2-4H2,1H3;2*1-2H3. The van der Waals surface area contributed by atoms with E-state index in [2.05, 4.69) is 12.2 Å². The first-order valence-electron chi connectivity index (χ1n) is 15.4. The molecule has 1 aliphatic carbocycles. The highest BCUT2D eigenvalue weighted by Crippen LogP contribution is 2.37. The van der Waals surface area contributed by atoms with Crippen molar-refractivity contribution >= 4 is 11.8 Å². The van der Waals surface area contributed by atoms with E-state index in [1.165, 1.54) is 26.2 Å². The number of pyridine rings is 1. The number of ketones is 1. The molecule has 40 heavy (non-hydrogen) atoms. The van der Waals surface area contributed by atoms with Crippen molar-refractivity contribution in [2.24, 2.45) is 11.8 Å². The minimum atomic E-state index is -0.835. The van der Waals surface area contributed by atoms with E-state index in [0.717, 1.165) is 65.5 Å². The number of nitrogens with zero attached hydrogens (tertiary/aromatic N) is 1. The highest BCUT2D eigenvalue weighted by molar-refractivity contribution is 5.98. The molecule has 1 saturated carbocycles. The summed E-state index contributed by atoms with van der Waals surface area (Å²) in [6.45, 7) is 19.4. The first kappa shape index (κ1) is 35.3. The molecule has 2 heterocycles. The smallest absolute Gasteiger partial charge is 0.316 e. The van der Waals surface area contributed by atoms with E-state index in [1.807, 2.05) is 59.7 Å². The number of aromatic nitrogens is 1. The van der Waals surface area contributed by atoms with Gasteiger partial charge in [0.25, 0.3) is 0 Å². The van der Waals surface area contributed by atoms with Gasteiger partial charge in [-0.3, -0.25) is 14.6 Å². The van der Waals surface area contributed by atoms with Gasteiger partial charge in [0.15, 0.2) is 0 Å². The van der Waals surface area contributed by atoms with Gasteiger partial charge >= 0.3 is 5.97 Å². The zero-order valence-electron chi connectivity index (χ0n) is 26.5. The molecule has 2 aromatic rings. The van der Waals surface area contributed by atoms with Crippen LogP contribution < -0.4 is 5.32 Å². The van der Waals surface area contributed by atoms with E-state index in [1.54, 1.807) is 13.0 Å². The van der Waals surface area contributed by atoms with E-state index in [4.69, 9.17) is 9.72 Å². The summed E-state index contributed by atoms with van der Waals surface area (Å²) in [6.07, 6.45) is 6.67. The normalized spacial score (nSPS) is 15.2. The van der Waals surface area contributed by atoms with Gasteiger partial charge in [-0.1, -0.05) is 66.0 Å². The molecule has 6 nitrogen and oxygen atoms in total. The van der Waals surface area contributed by atoms with Gasteiger partial charge in [0.1, 0.15) is 17.5 Å². The third kappa shape index (κ3) is 10.3. The molecular weight excluding hydrogens is 500 g/mol. The van der Waals surface area contributed by atoms with Crippen LogP contribution in [0.1, 0.15) is 109 Å². The topological polar surface area (TPSA) is 88.5 Å². The van der Waals surface area contributed by atoms with Gasteiger partial charge in [-0.15, -0.1) is 0 Å². The van der Waals surface area contributed by atoms with Crippen molar-refractivity contribution in [3.05, 3.63) is 46.6 Å². The fraction of sp³-hybridized carbons (Fsp3) is 0.618. The van der Waals surface area contributed by atoms with Crippen LogP contribution in [0.3, 0.4) is 0 Å². The highest BCUT2D eigenvalue weighted by Gasteiger charge is 2.30. The zero-order valence-corrected chi connectivity index (χ0v) is 26.5. The molecule has 224 valence electrons. The van der Waals surface area contributed by atoms with Gasteiger partial charge in [-0.25, -0.2) is 0 Å². The van der Waals surface area contributed by atoms with Crippen LogP contribution >= 0.6 is 0 Å². The maximum absolute atomic E-state index is 12.5. The number of esters is 1. The zero-order chi connectivity index (χ0) is 30.2. The largest absolute Gasteiger partial charge is 0.507 e. The Balaban J connectivity index is 0.000000772. The number of phenols is 1. The summed E-state index contributed by atoms with van der Waals surface area (Å²) in [7, 11) is 0. The van der Waals surface area contributed by atoms with E-state index >= 15 is 0 Å². The molecule has 0 amide bonds. The first-order chi connectivity index (χ1) is 19.3. The molecule has 6 heteroatoms. The molecule has 2 aliphatic rings. The molecule has 1 aromatic heterocycles. The summed E-state index contributed by atoms with van der Waals surface area (Å²) in [6, 6.07) is 7.49. The van der Waals surface area contributed by atoms with E-state index in [0.29, 0.717) is 5.92 Å². The molecule has 1 aromatic carbocycles. The monoisotopic (exact) mass is 554 g/mol. The van der Waals surface area contributed by atoms with Gasteiger partial charge in [-0.05, 0) is 101 Å². The molecule has 1 atom stereocenters. The summed E-state index contributed by atoms with van der Waals surface area (Å²) in [5.41, 5.74) is 5.23. The molecule has 1 unspecified atom stereocenters. The number of ether oxygens (including phenoxy) is 1. The minimum absolute atomic E-state index is 0.198. The number of hydrogen-bond acceptors (Lipinski definition) is 6. The van der Waals surface area contributed by atoms with E-state index < -0.39 is 11.9 Å². The molecule has 0 radical (unpaired) electrons. The fourth-order valence-corrected chi connectivity index (χ4v) is 4.97. The van der Waals surface area contributed by atoms with Crippen LogP contribution in [0.25, 0.3) is 11.3 Å². The van der Waals surface area contributed by atoms with Crippen LogP contribution in [0.4, 0.5) is 0 Å². The lowest BCUT2D eigenvalue weighted by molar-refractivity contribution is -0.151. The molecule has 2 N–H and O–H groups in total. The number of carbonyl (C=O) groups is 2. The SMILES string of the molecule is CC.CC.CCC1CC1.CCOC(=O)C(Cc1c(C2CCNCC2)cc(-c2c(C)cccc2O)nc1C)C(C)=O. The Hall–Kier alpha value is -2.73. The van der Waals surface area contributed by atoms with Crippen LogP contribution in [0.5, 0.6) is 5.75 Å². The van der Waals surface area contributed by atoms with Crippen molar-refractivity contribution in [3.8, 4) is 17.0 Å². The van der Waals surface area contributed by atoms with Gasteiger partial charge in [0.05, 0.1) is 12.3 Å². The van der Waals surface area contributed by atoms with Crippen LogP contribution in [-0.2, 0) is 20.7 Å². The number of hydrogen-bond donors (Lipinski definition) is 2. The summed E-state index contributed by atoms with van der Waals surface area (Å²) < 4.78 is 5.16. The van der Waals surface area contributed by atoms with Crippen LogP contribution in [-0.4, -0.2) is 41.5 Å². The first-order valence-corrected chi connectivity index (χ1v) is 15.4. The van der Waals surface area contributed by atoms with E-state index in [-0.39, 0.29) is 24.6 Å². The summed E-state index contributed by atoms with van der Waals surface area (Å²) in [4.78, 5) is 29.5. The Kier molecular flexibility index (Phi) is 16.4. The Morgan fingerprint density at radius 2 is 1.68 bits per heavy atom. The van der Waals surface area contributed by atoms with Crippen LogP contribution in [0, 0.1) is 25.7 Å². The Morgan fingerprint density at radius 1 is 1.05 bits per heavy atom. The van der Waals surface area contributed by atoms with Crippen molar-refractivity contribution in [1.82, 2.24) is 10.3 Å². The van der Waals surface area contributed by atoms with Crippen molar-refractivity contribution in [2.75, 3.05) is 19.7 Å². The molecule has 4 rings (SSSR count). The molecular formula is C34H54N2O4. The minimum Gasteiger partial charge on any atom is -0.507 e. The predicted octanol–water partition coefficient (Wildman–Crippen LogP) is 7.71. The average molecular weight is 555 g/mol. The summed E-state index contributed by atoms with van der Waals surface area (Å²) >= 11 is 0. The van der Waals surface area contributed by atoms with E-state index in [9.17, 15) is 14.7 Å². The summed E-state index contributed by atoms with van der Waals surface area (Å²) in [5, 5.41) is 13.9. The lowest BCUT2D eigenvalue weighted by atomic mass is 9.82.